The number of methoxy groups -OCH3 is 2. The summed E-state index contributed by atoms with van der Waals surface area (Å²) in [6, 6.07) is 14.8. The summed E-state index contributed by atoms with van der Waals surface area (Å²) in [6.07, 6.45) is -4.72. The van der Waals surface area contributed by atoms with Crippen LogP contribution in [-0.4, -0.2) is 46.6 Å². The monoisotopic (exact) mass is 537 g/mol. The van der Waals surface area contributed by atoms with Crippen molar-refractivity contribution in [2.45, 2.75) is 24.5 Å². The molecule has 0 spiro atoms. The molecule has 0 aliphatic carbocycles. The number of ether oxygens (including phenoxy) is 2. The van der Waals surface area contributed by atoms with E-state index < -0.39 is 26.8 Å². The number of aryl methyl sites for hydroxylation is 1. The van der Waals surface area contributed by atoms with Gasteiger partial charge in [-0.05, 0) is 55.0 Å². The first-order valence-electron chi connectivity index (χ1n) is 11.1. The number of hydrogen-bond donors (Lipinski definition) is 0. The highest BCUT2D eigenvalue weighted by Crippen LogP contribution is 2.34. The lowest BCUT2D eigenvalue weighted by Gasteiger charge is -2.23. The maximum Gasteiger partial charge on any atom is 0.416 e. The first-order valence-corrected chi connectivity index (χ1v) is 12.5. The van der Waals surface area contributed by atoms with Crippen molar-refractivity contribution < 1.29 is 40.0 Å². The second-order valence-corrected chi connectivity index (χ2v) is 9.68. The molecule has 0 unspecified atom stereocenters. The van der Waals surface area contributed by atoms with Crippen LogP contribution < -0.4 is 8.92 Å². The minimum atomic E-state index is -4.72. The van der Waals surface area contributed by atoms with Crippen LogP contribution in [0.5, 0.6) is 11.5 Å². The molecule has 0 aliphatic rings. The van der Waals surface area contributed by atoms with Gasteiger partial charge in [0.1, 0.15) is 4.90 Å². The van der Waals surface area contributed by atoms with Crippen LogP contribution in [0.1, 0.15) is 27.0 Å². The summed E-state index contributed by atoms with van der Waals surface area (Å²) >= 11 is 0. The summed E-state index contributed by atoms with van der Waals surface area (Å²) < 4.78 is 80.4. The highest BCUT2D eigenvalue weighted by atomic mass is 32.2. The van der Waals surface area contributed by atoms with Crippen molar-refractivity contribution in [1.82, 2.24) is 4.90 Å². The van der Waals surface area contributed by atoms with E-state index in [1.807, 2.05) is 19.1 Å². The quantitative estimate of drug-likeness (QED) is 0.336. The Labute approximate surface area is 213 Å². The molecule has 0 heterocycles. The van der Waals surface area contributed by atoms with Crippen LogP contribution in [0.2, 0.25) is 0 Å². The molecule has 0 saturated heterocycles. The van der Waals surface area contributed by atoms with E-state index in [0.717, 1.165) is 23.8 Å². The number of halogens is 3. The smallest absolute Gasteiger partial charge is 0.416 e. The molecule has 0 aliphatic heterocycles. The van der Waals surface area contributed by atoms with Gasteiger partial charge < -0.3 is 18.6 Å². The zero-order valence-electron chi connectivity index (χ0n) is 20.4. The summed E-state index contributed by atoms with van der Waals surface area (Å²) in [5.74, 6) is -0.439. The van der Waals surface area contributed by atoms with Crippen LogP contribution in [0.3, 0.4) is 0 Å². The fourth-order valence-corrected chi connectivity index (χ4v) is 4.41. The van der Waals surface area contributed by atoms with Crippen molar-refractivity contribution in [2.75, 3.05) is 27.4 Å². The molecule has 0 bridgehead atoms. The van der Waals surface area contributed by atoms with Crippen molar-refractivity contribution >= 4 is 16.0 Å². The van der Waals surface area contributed by atoms with Gasteiger partial charge in [0.2, 0.25) is 0 Å². The Morgan fingerprint density at radius 1 is 0.946 bits per heavy atom. The van der Waals surface area contributed by atoms with Crippen molar-refractivity contribution in [3.63, 3.8) is 0 Å². The van der Waals surface area contributed by atoms with E-state index in [9.17, 15) is 26.4 Å². The van der Waals surface area contributed by atoms with E-state index in [2.05, 4.69) is 0 Å². The first kappa shape index (κ1) is 28.0. The third-order valence-electron chi connectivity index (χ3n) is 5.40. The van der Waals surface area contributed by atoms with Crippen LogP contribution in [0, 0.1) is 6.92 Å². The van der Waals surface area contributed by atoms with E-state index in [-0.39, 0.29) is 37.1 Å². The van der Waals surface area contributed by atoms with Gasteiger partial charge in [-0.25, -0.2) is 0 Å². The molecule has 0 N–H and O–H groups in total. The molecular weight excluding hydrogens is 511 g/mol. The van der Waals surface area contributed by atoms with Gasteiger partial charge in [-0.1, -0.05) is 29.8 Å². The molecule has 0 saturated carbocycles. The number of nitrogens with zero attached hydrogens (tertiary/aromatic N) is 1. The van der Waals surface area contributed by atoms with Crippen molar-refractivity contribution in [3.8, 4) is 11.5 Å². The summed E-state index contributed by atoms with van der Waals surface area (Å²) in [5.41, 5.74) is 0.852. The highest BCUT2D eigenvalue weighted by Gasteiger charge is 2.32. The zero-order valence-corrected chi connectivity index (χ0v) is 21.2. The average molecular weight is 538 g/mol. The van der Waals surface area contributed by atoms with Crippen LogP contribution in [-0.2, 0) is 27.6 Å². The van der Waals surface area contributed by atoms with Gasteiger partial charge in [0.15, 0.2) is 11.5 Å². The van der Waals surface area contributed by atoms with Crippen LogP contribution in [0.15, 0.2) is 71.6 Å². The SMILES string of the molecule is COCCN(Cc1ccc(OC)c(OS(=O)(=O)c2cccc(C(F)(F)F)c2)c1)C(=O)c1ccc(C)cc1. The molecule has 0 fully saturated rings. The Morgan fingerprint density at radius 3 is 2.27 bits per heavy atom. The molecule has 0 radical (unpaired) electrons. The van der Waals surface area contributed by atoms with Crippen LogP contribution in [0.25, 0.3) is 0 Å². The molecule has 0 aromatic heterocycles. The Morgan fingerprint density at radius 2 is 1.65 bits per heavy atom. The van der Waals surface area contributed by atoms with Gasteiger partial charge in [-0.2, -0.15) is 21.6 Å². The van der Waals surface area contributed by atoms with Crippen LogP contribution >= 0.6 is 0 Å². The number of alkyl halides is 3. The number of amides is 1. The number of carbonyl (C=O) groups is 1. The maximum atomic E-state index is 13.1. The van der Waals surface area contributed by atoms with Crippen molar-refractivity contribution in [1.29, 1.82) is 0 Å². The third-order valence-corrected chi connectivity index (χ3v) is 6.63. The summed E-state index contributed by atoms with van der Waals surface area (Å²) in [6.45, 7) is 2.51. The summed E-state index contributed by atoms with van der Waals surface area (Å²) in [7, 11) is -1.83. The standard InChI is InChI=1S/C26H26F3NO6S/c1-18-7-10-20(11-8-18)25(31)30(13-14-34-2)17-19-9-12-23(35-3)24(15-19)36-37(32,33)22-6-4-5-21(16-22)26(27,28)29/h4-12,15-16H,13-14,17H2,1-3H3. The van der Waals surface area contributed by atoms with Gasteiger partial charge in [-0.3, -0.25) is 4.79 Å². The molecule has 3 aromatic rings. The molecule has 3 aromatic carbocycles. The summed E-state index contributed by atoms with van der Waals surface area (Å²) in [4.78, 5) is 14.0. The average Bonchev–Trinajstić information content (AvgIpc) is 2.86. The number of rotatable bonds is 10. The lowest BCUT2D eigenvalue weighted by molar-refractivity contribution is -0.137. The molecular formula is C26H26F3NO6S. The topological polar surface area (TPSA) is 82.1 Å². The van der Waals surface area contributed by atoms with Gasteiger partial charge in [-0.15, -0.1) is 0 Å². The van der Waals surface area contributed by atoms with E-state index in [1.54, 1.807) is 18.2 Å². The fourth-order valence-electron chi connectivity index (χ4n) is 3.43. The molecule has 0 atom stereocenters. The predicted molar refractivity (Wildman–Crippen MR) is 130 cm³/mol. The lowest BCUT2D eigenvalue weighted by Crippen LogP contribution is -2.33. The van der Waals surface area contributed by atoms with Gasteiger partial charge in [0, 0.05) is 25.8 Å². The van der Waals surface area contributed by atoms with Gasteiger partial charge >= 0.3 is 16.3 Å². The van der Waals surface area contributed by atoms with E-state index in [1.165, 1.54) is 31.3 Å². The molecule has 3 rings (SSSR count). The van der Waals surface area contributed by atoms with E-state index in [0.29, 0.717) is 17.2 Å². The zero-order chi connectivity index (χ0) is 27.2. The number of carbonyl (C=O) groups excluding carboxylic acids is 1. The Hall–Kier alpha value is -3.57. The summed E-state index contributed by atoms with van der Waals surface area (Å²) in [5, 5.41) is 0. The minimum absolute atomic E-state index is 0.0487. The van der Waals surface area contributed by atoms with E-state index in [4.69, 9.17) is 13.7 Å². The van der Waals surface area contributed by atoms with E-state index >= 15 is 0 Å². The maximum absolute atomic E-state index is 13.1. The van der Waals surface area contributed by atoms with Gasteiger partial charge in [0.25, 0.3) is 5.91 Å². The largest absolute Gasteiger partial charge is 0.493 e. The lowest BCUT2D eigenvalue weighted by atomic mass is 10.1. The molecule has 37 heavy (non-hydrogen) atoms. The number of hydrogen-bond acceptors (Lipinski definition) is 6. The normalized spacial score (nSPS) is 11.7. The fraction of sp³-hybridized carbons (Fsp3) is 0.269. The molecule has 198 valence electrons. The molecule has 1 amide bonds. The highest BCUT2D eigenvalue weighted by molar-refractivity contribution is 7.87. The number of benzene rings is 3. The second-order valence-electron chi connectivity index (χ2n) is 8.13. The Kier molecular flexibility index (Phi) is 8.82. The van der Waals surface area contributed by atoms with Crippen molar-refractivity contribution in [2.24, 2.45) is 0 Å². The minimum Gasteiger partial charge on any atom is -0.493 e. The first-order chi connectivity index (χ1) is 17.4. The third kappa shape index (κ3) is 7.23. The molecule has 7 nitrogen and oxygen atoms in total. The Bertz CT molecular complexity index is 1340. The molecule has 11 heteroatoms. The Balaban J connectivity index is 1.90. The predicted octanol–water partition coefficient (Wildman–Crippen LogP) is 5.08. The van der Waals surface area contributed by atoms with Crippen LogP contribution in [0.4, 0.5) is 13.2 Å². The second kappa shape index (κ2) is 11.7. The van der Waals surface area contributed by atoms with Gasteiger partial charge in [0.05, 0.1) is 19.3 Å². The van der Waals surface area contributed by atoms with Crippen molar-refractivity contribution in [3.05, 3.63) is 89.0 Å².